The number of rotatable bonds is 11. The van der Waals surface area contributed by atoms with Crippen LogP contribution in [0.5, 0.6) is 0 Å². The van der Waals surface area contributed by atoms with Gasteiger partial charge < -0.3 is 40.2 Å². The normalized spacial score (nSPS) is 17.7. The molecule has 2 aliphatic rings. The number of aromatic nitrogens is 4. The van der Waals surface area contributed by atoms with E-state index in [0.29, 0.717) is 48.1 Å². The molecule has 5 amide bonds. The molecule has 0 radical (unpaired) electrons. The predicted octanol–water partition coefficient (Wildman–Crippen LogP) is 6.69. The van der Waals surface area contributed by atoms with Crippen LogP contribution in [0.2, 0.25) is 0 Å². The SMILES string of the molecule is COC(=O)N[C@H](C(=O)N1CCC[C@H]1c1ncc(-c2ccc(-c3cn4cc(NC(=O)C5CCCN5C(=O)[C@@H](NC(=O)OC(C)(C)C)c5ccccc5)nc4s3)cc2)[nH]1)C(C)C. The summed E-state index contributed by atoms with van der Waals surface area (Å²) in [6.07, 6.45) is 6.81. The van der Waals surface area contributed by atoms with E-state index in [4.69, 9.17) is 9.47 Å². The molecule has 5 heterocycles. The molecule has 17 heteroatoms. The van der Waals surface area contributed by atoms with Crippen molar-refractivity contribution >= 4 is 52.0 Å². The Bertz CT molecular complexity index is 2320. The number of fused-ring (bicyclic) bond motifs is 1. The van der Waals surface area contributed by atoms with Crippen LogP contribution in [0.25, 0.3) is 26.7 Å². The number of ether oxygens (including phenoxy) is 2. The zero-order valence-electron chi connectivity index (χ0n) is 34.6. The largest absolute Gasteiger partial charge is 0.453 e. The average Bonchev–Trinajstić information content (AvgIpc) is 4.07. The van der Waals surface area contributed by atoms with Crippen LogP contribution in [0, 0.1) is 5.92 Å². The topological polar surface area (TPSA) is 192 Å². The first-order valence-corrected chi connectivity index (χ1v) is 21.0. The minimum Gasteiger partial charge on any atom is -0.453 e. The maximum atomic E-state index is 14.0. The number of alkyl carbamates (subject to hydrolysis) is 2. The summed E-state index contributed by atoms with van der Waals surface area (Å²) in [5, 5.41) is 8.31. The van der Waals surface area contributed by atoms with Gasteiger partial charge in [-0.25, -0.2) is 19.6 Å². The lowest BCUT2D eigenvalue weighted by molar-refractivity contribution is -0.138. The number of hydrogen-bond acceptors (Lipinski definition) is 10. The quantitative estimate of drug-likeness (QED) is 0.112. The summed E-state index contributed by atoms with van der Waals surface area (Å²) in [7, 11) is 1.28. The average molecular weight is 838 g/mol. The first-order valence-electron chi connectivity index (χ1n) is 20.1. The number of nitrogens with zero attached hydrogens (tertiary/aromatic N) is 5. The molecule has 0 saturated carbocycles. The number of anilines is 1. The number of amides is 5. The maximum Gasteiger partial charge on any atom is 0.408 e. The fourth-order valence-corrected chi connectivity index (χ4v) is 8.66. The van der Waals surface area contributed by atoms with Crippen LogP contribution in [0.4, 0.5) is 15.4 Å². The summed E-state index contributed by atoms with van der Waals surface area (Å²) in [6.45, 7) is 9.97. The lowest BCUT2D eigenvalue weighted by Gasteiger charge is -2.30. The Kier molecular flexibility index (Phi) is 12.3. The molecule has 0 spiro atoms. The monoisotopic (exact) mass is 837 g/mol. The molecule has 4 N–H and O–H groups in total. The van der Waals surface area contributed by atoms with Crippen molar-refractivity contribution in [3.63, 3.8) is 0 Å². The van der Waals surface area contributed by atoms with Crippen LogP contribution in [0.1, 0.15) is 83.8 Å². The fourth-order valence-electron chi connectivity index (χ4n) is 7.69. The van der Waals surface area contributed by atoms with E-state index in [2.05, 4.69) is 30.9 Å². The van der Waals surface area contributed by atoms with Gasteiger partial charge in [0.25, 0.3) is 5.91 Å². The number of hydrogen-bond donors (Lipinski definition) is 4. The van der Waals surface area contributed by atoms with Gasteiger partial charge in [-0.05, 0) is 69.1 Å². The van der Waals surface area contributed by atoms with Crippen LogP contribution < -0.4 is 16.0 Å². The molecule has 316 valence electrons. The molecule has 0 aliphatic carbocycles. The second kappa shape index (κ2) is 17.6. The Morgan fingerprint density at radius 1 is 0.867 bits per heavy atom. The molecule has 7 rings (SSSR count). The van der Waals surface area contributed by atoms with Gasteiger partial charge in [0.15, 0.2) is 10.8 Å². The Morgan fingerprint density at radius 2 is 1.57 bits per heavy atom. The standard InChI is InChI=1S/C43H51N9O7S/c1-25(2)34(48-41(56)58-6)38(54)51-20-10-14-30(51)36-44-22-29(45-36)26-16-18-27(19-17-26)32-23-50-24-33(47-40(50)60-32)46-37(53)31-15-11-21-52(31)39(55)35(28-12-8-7-9-13-28)49-42(57)59-43(3,4)5/h7-9,12-13,16-19,22-25,30-31,34-35H,10-11,14-15,20-21H2,1-6H3,(H,44,45)(H,46,53)(H,48,56)(H,49,57)/t30-,31?,34-,35-/m0/s1. The molecule has 2 fully saturated rings. The second-order valence-corrected chi connectivity index (χ2v) is 17.4. The Labute approximate surface area is 352 Å². The van der Waals surface area contributed by atoms with Crippen molar-refractivity contribution in [3.8, 4) is 21.7 Å². The van der Waals surface area contributed by atoms with E-state index < -0.39 is 41.8 Å². The number of imidazole rings is 2. The summed E-state index contributed by atoms with van der Waals surface area (Å²) >= 11 is 1.47. The molecule has 60 heavy (non-hydrogen) atoms. The van der Waals surface area contributed by atoms with Gasteiger partial charge in [0.1, 0.15) is 29.6 Å². The Balaban J connectivity index is 0.991. The lowest BCUT2D eigenvalue weighted by atomic mass is 10.0. The number of thiazole rings is 1. The van der Waals surface area contributed by atoms with Gasteiger partial charge >= 0.3 is 12.2 Å². The van der Waals surface area contributed by atoms with E-state index in [1.165, 1.54) is 23.3 Å². The number of aromatic amines is 1. The number of H-pyrrole nitrogens is 1. The summed E-state index contributed by atoms with van der Waals surface area (Å²) in [4.78, 5) is 83.6. The van der Waals surface area contributed by atoms with Gasteiger partial charge in [-0.3, -0.25) is 18.8 Å². The number of methoxy groups -OCH3 is 1. The highest BCUT2D eigenvalue weighted by molar-refractivity contribution is 7.20. The van der Waals surface area contributed by atoms with Gasteiger partial charge in [-0.1, -0.05) is 79.8 Å². The van der Waals surface area contributed by atoms with E-state index >= 15 is 0 Å². The summed E-state index contributed by atoms with van der Waals surface area (Å²) < 4.78 is 12.1. The van der Waals surface area contributed by atoms with Gasteiger partial charge in [-0.2, -0.15) is 0 Å². The van der Waals surface area contributed by atoms with Crippen LogP contribution >= 0.6 is 11.3 Å². The van der Waals surface area contributed by atoms with Crippen LogP contribution in [0.15, 0.2) is 73.2 Å². The van der Waals surface area contributed by atoms with Gasteiger partial charge in [0, 0.05) is 19.3 Å². The number of nitrogens with one attached hydrogen (secondary N) is 4. The highest BCUT2D eigenvalue weighted by atomic mass is 32.1. The van der Waals surface area contributed by atoms with Crippen molar-refractivity contribution in [2.75, 3.05) is 25.5 Å². The third-order valence-corrected chi connectivity index (χ3v) is 11.7. The maximum absolute atomic E-state index is 14.0. The first-order chi connectivity index (χ1) is 28.7. The van der Waals surface area contributed by atoms with Crippen molar-refractivity contribution in [1.82, 2.24) is 39.8 Å². The third-order valence-electron chi connectivity index (χ3n) is 10.6. The summed E-state index contributed by atoms with van der Waals surface area (Å²) in [5.74, 6) is 0.0438. The first kappa shape index (κ1) is 41.9. The Morgan fingerprint density at radius 3 is 2.25 bits per heavy atom. The minimum atomic E-state index is -1.03. The predicted molar refractivity (Wildman–Crippen MR) is 226 cm³/mol. The zero-order valence-corrected chi connectivity index (χ0v) is 35.4. The highest BCUT2D eigenvalue weighted by Gasteiger charge is 2.40. The van der Waals surface area contributed by atoms with Gasteiger partial charge in [0.05, 0.1) is 36.1 Å². The third kappa shape index (κ3) is 9.30. The van der Waals surface area contributed by atoms with Gasteiger partial charge in [-0.15, -0.1) is 0 Å². The smallest absolute Gasteiger partial charge is 0.408 e. The van der Waals surface area contributed by atoms with Crippen molar-refractivity contribution in [3.05, 3.63) is 84.6 Å². The van der Waals surface area contributed by atoms with Crippen LogP contribution in [0.3, 0.4) is 0 Å². The molecule has 5 aromatic rings. The van der Waals surface area contributed by atoms with Crippen molar-refractivity contribution < 1.29 is 33.4 Å². The van der Waals surface area contributed by atoms with Crippen molar-refractivity contribution in [2.45, 2.75) is 90.1 Å². The molecule has 16 nitrogen and oxygen atoms in total. The second-order valence-electron chi connectivity index (χ2n) is 16.4. The molecule has 3 aromatic heterocycles. The molecular formula is C43H51N9O7S. The molecular weight excluding hydrogens is 787 g/mol. The number of benzene rings is 2. The molecule has 4 atom stereocenters. The van der Waals surface area contributed by atoms with E-state index in [0.717, 1.165) is 34.5 Å². The van der Waals surface area contributed by atoms with E-state index in [-0.39, 0.29) is 23.8 Å². The summed E-state index contributed by atoms with van der Waals surface area (Å²) in [6, 6.07) is 14.3. The summed E-state index contributed by atoms with van der Waals surface area (Å²) in [5.41, 5.74) is 2.57. The lowest BCUT2D eigenvalue weighted by Crippen LogP contribution is -2.51. The van der Waals surface area contributed by atoms with E-state index in [1.807, 2.05) is 54.8 Å². The number of carbonyl (C=O) groups is 5. The fraction of sp³-hybridized carbons (Fsp3) is 0.419. The Hall–Kier alpha value is -6.23. The van der Waals surface area contributed by atoms with Crippen LogP contribution in [-0.4, -0.2) is 96.9 Å². The number of likely N-dealkylation sites (tertiary alicyclic amines) is 2. The number of carbonyl (C=O) groups excluding carboxylic acids is 5. The minimum absolute atomic E-state index is 0.122. The molecule has 1 unspecified atom stereocenters. The van der Waals surface area contributed by atoms with Crippen LogP contribution in [-0.2, 0) is 23.9 Å². The molecule has 2 aromatic carbocycles. The van der Waals surface area contributed by atoms with Crippen molar-refractivity contribution in [1.29, 1.82) is 0 Å². The molecule has 2 aliphatic heterocycles. The zero-order chi connectivity index (χ0) is 42.7. The van der Waals surface area contributed by atoms with E-state index in [9.17, 15) is 24.0 Å². The molecule has 2 saturated heterocycles. The highest BCUT2D eigenvalue weighted by Crippen LogP contribution is 2.35. The van der Waals surface area contributed by atoms with Crippen molar-refractivity contribution in [2.24, 2.45) is 5.92 Å². The van der Waals surface area contributed by atoms with Gasteiger partial charge in [0.2, 0.25) is 11.8 Å². The van der Waals surface area contributed by atoms with E-state index in [1.54, 1.807) is 62.3 Å². The molecule has 0 bridgehead atoms.